The average molecular weight is 377 g/mol. The highest BCUT2D eigenvalue weighted by molar-refractivity contribution is 7.92. The SMILES string of the molecule is Cc1ccc(S(=O)(=O)N2c3ccccc3C(=O)CC2c2ccccc2)cc1. The molecule has 3 aromatic carbocycles. The van der Waals surface area contributed by atoms with E-state index in [9.17, 15) is 13.2 Å². The number of sulfonamides is 1. The number of benzene rings is 3. The van der Waals surface area contributed by atoms with Crippen LogP contribution in [0.1, 0.15) is 33.9 Å². The predicted octanol–water partition coefficient (Wildman–Crippen LogP) is 4.52. The number of para-hydroxylation sites is 1. The van der Waals surface area contributed by atoms with Crippen molar-refractivity contribution in [2.45, 2.75) is 24.3 Å². The second kappa shape index (κ2) is 6.67. The summed E-state index contributed by atoms with van der Waals surface area (Å²) in [6.45, 7) is 1.91. The molecule has 0 fully saturated rings. The largest absolute Gasteiger partial charge is 0.294 e. The molecule has 27 heavy (non-hydrogen) atoms. The van der Waals surface area contributed by atoms with Gasteiger partial charge < -0.3 is 0 Å². The average Bonchev–Trinajstić information content (AvgIpc) is 2.69. The fourth-order valence-electron chi connectivity index (χ4n) is 3.49. The number of carbonyl (C=O) groups is 1. The topological polar surface area (TPSA) is 54.5 Å². The zero-order valence-corrected chi connectivity index (χ0v) is 15.7. The lowest BCUT2D eigenvalue weighted by Crippen LogP contribution is -2.40. The number of fused-ring (bicyclic) bond motifs is 1. The Kier molecular flexibility index (Phi) is 4.32. The summed E-state index contributed by atoms with van der Waals surface area (Å²) in [4.78, 5) is 12.9. The molecular weight excluding hydrogens is 358 g/mol. The van der Waals surface area contributed by atoms with Gasteiger partial charge in [-0.15, -0.1) is 0 Å². The molecule has 4 nitrogen and oxygen atoms in total. The van der Waals surface area contributed by atoms with Gasteiger partial charge in [-0.2, -0.15) is 0 Å². The summed E-state index contributed by atoms with van der Waals surface area (Å²) >= 11 is 0. The molecule has 0 aliphatic carbocycles. The van der Waals surface area contributed by atoms with E-state index in [1.807, 2.05) is 37.3 Å². The maximum atomic E-state index is 13.6. The normalized spacial score (nSPS) is 16.9. The molecule has 5 heteroatoms. The number of Topliss-reactive ketones (excluding diaryl/α,β-unsaturated/α-hetero) is 1. The second-order valence-corrected chi connectivity index (χ2v) is 8.50. The molecule has 136 valence electrons. The maximum Gasteiger partial charge on any atom is 0.264 e. The zero-order valence-electron chi connectivity index (χ0n) is 14.9. The Balaban J connectivity index is 1.93. The van der Waals surface area contributed by atoms with Crippen molar-refractivity contribution in [1.29, 1.82) is 0 Å². The fraction of sp³-hybridized carbons (Fsp3) is 0.136. The van der Waals surface area contributed by atoms with Gasteiger partial charge in [0.05, 0.1) is 16.6 Å². The van der Waals surface area contributed by atoms with Gasteiger partial charge >= 0.3 is 0 Å². The van der Waals surface area contributed by atoms with Crippen molar-refractivity contribution < 1.29 is 13.2 Å². The summed E-state index contributed by atoms with van der Waals surface area (Å²) in [6.07, 6.45) is 0.117. The zero-order chi connectivity index (χ0) is 19.0. The van der Waals surface area contributed by atoms with Crippen LogP contribution < -0.4 is 4.31 Å². The Morgan fingerprint density at radius 1 is 0.852 bits per heavy atom. The molecule has 1 aliphatic heterocycles. The smallest absolute Gasteiger partial charge is 0.264 e. The van der Waals surface area contributed by atoms with E-state index in [1.165, 1.54) is 4.31 Å². The number of hydrogen-bond donors (Lipinski definition) is 0. The summed E-state index contributed by atoms with van der Waals surface area (Å²) in [5, 5.41) is 0. The summed E-state index contributed by atoms with van der Waals surface area (Å²) in [5.74, 6) is -0.0465. The van der Waals surface area contributed by atoms with Gasteiger partial charge in [-0.1, -0.05) is 60.2 Å². The van der Waals surface area contributed by atoms with Crippen molar-refractivity contribution in [1.82, 2.24) is 0 Å². The third-order valence-electron chi connectivity index (χ3n) is 4.87. The van der Waals surface area contributed by atoms with Crippen LogP contribution in [0.15, 0.2) is 83.8 Å². The Morgan fingerprint density at radius 2 is 1.48 bits per heavy atom. The summed E-state index contributed by atoms with van der Waals surface area (Å²) in [6, 6.07) is 22.5. The van der Waals surface area contributed by atoms with Crippen molar-refractivity contribution in [3.8, 4) is 0 Å². The van der Waals surface area contributed by atoms with E-state index in [0.29, 0.717) is 11.3 Å². The maximum absolute atomic E-state index is 13.6. The molecule has 0 spiro atoms. The third kappa shape index (κ3) is 3.04. The number of ketones is 1. The number of rotatable bonds is 3. The molecule has 0 bridgehead atoms. The fourth-order valence-corrected chi connectivity index (χ4v) is 5.14. The van der Waals surface area contributed by atoms with Gasteiger partial charge in [-0.25, -0.2) is 8.42 Å². The van der Waals surface area contributed by atoms with Crippen LogP contribution >= 0.6 is 0 Å². The second-order valence-electron chi connectivity index (χ2n) is 6.68. The van der Waals surface area contributed by atoms with Gasteiger partial charge in [0.25, 0.3) is 10.0 Å². The van der Waals surface area contributed by atoms with E-state index >= 15 is 0 Å². The number of nitrogens with zero attached hydrogens (tertiary/aromatic N) is 1. The number of carbonyl (C=O) groups excluding carboxylic acids is 1. The van der Waals surface area contributed by atoms with Gasteiger partial charge in [0.1, 0.15) is 0 Å². The van der Waals surface area contributed by atoms with E-state index in [1.54, 1.807) is 48.5 Å². The Labute approximate surface area is 159 Å². The van der Waals surface area contributed by atoms with Gasteiger partial charge in [0.2, 0.25) is 0 Å². The first-order chi connectivity index (χ1) is 13.0. The van der Waals surface area contributed by atoms with E-state index in [2.05, 4.69) is 0 Å². The summed E-state index contributed by atoms with van der Waals surface area (Å²) in [7, 11) is -3.83. The van der Waals surface area contributed by atoms with E-state index < -0.39 is 16.1 Å². The highest BCUT2D eigenvalue weighted by atomic mass is 32.2. The van der Waals surface area contributed by atoms with E-state index in [-0.39, 0.29) is 17.1 Å². The molecule has 4 rings (SSSR count). The van der Waals surface area contributed by atoms with Gasteiger partial charge in [-0.3, -0.25) is 9.10 Å². The van der Waals surface area contributed by atoms with Crippen LogP contribution in [0.25, 0.3) is 0 Å². The van der Waals surface area contributed by atoms with Crippen LogP contribution in [-0.2, 0) is 10.0 Å². The molecule has 0 saturated heterocycles. The molecule has 0 aromatic heterocycles. The highest BCUT2D eigenvalue weighted by Gasteiger charge is 2.39. The van der Waals surface area contributed by atoms with Crippen molar-refractivity contribution in [3.63, 3.8) is 0 Å². The van der Waals surface area contributed by atoms with Crippen molar-refractivity contribution in [2.24, 2.45) is 0 Å². The Bertz CT molecular complexity index is 1090. The van der Waals surface area contributed by atoms with E-state index in [0.717, 1.165) is 11.1 Å². The molecular formula is C22H19NO3S. The quantitative estimate of drug-likeness (QED) is 0.674. The van der Waals surface area contributed by atoms with Gasteiger partial charge in [-0.05, 0) is 36.8 Å². The van der Waals surface area contributed by atoms with Crippen LogP contribution in [-0.4, -0.2) is 14.2 Å². The van der Waals surface area contributed by atoms with Gasteiger partial charge in [0.15, 0.2) is 5.78 Å². The van der Waals surface area contributed by atoms with Crippen molar-refractivity contribution >= 4 is 21.5 Å². The summed E-state index contributed by atoms with van der Waals surface area (Å²) < 4.78 is 28.5. The molecule has 0 N–H and O–H groups in total. The lowest BCUT2D eigenvalue weighted by Gasteiger charge is -2.37. The predicted molar refractivity (Wildman–Crippen MR) is 105 cm³/mol. The minimum Gasteiger partial charge on any atom is -0.294 e. The molecule has 1 unspecified atom stereocenters. The lowest BCUT2D eigenvalue weighted by molar-refractivity contribution is 0.0969. The van der Waals surface area contributed by atoms with Crippen LogP contribution in [0.2, 0.25) is 0 Å². The first-order valence-corrected chi connectivity index (χ1v) is 10.2. The first-order valence-electron chi connectivity index (χ1n) is 8.77. The minimum atomic E-state index is -3.83. The standard InChI is InChI=1S/C22H19NO3S/c1-16-11-13-18(14-12-16)27(25,26)23-20-10-6-5-9-19(20)22(24)15-21(23)17-7-3-2-4-8-17/h2-14,21H,15H2,1H3. The molecule has 1 aliphatic rings. The monoisotopic (exact) mass is 377 g/mol. The molecule has 3 aromatic rings. The Hall–Kier alpha value is -2.92. The van der Waals surface area contributed by atoms with Crippen LogP contribution in [0, 0.1) is 6.92 Å². The van der Waals surface area contributed by atoms with Crippen molar-refractivity contribution in [3.05, 3.63) is 95.6 Å². The first kappa shape index (κ1) is 17.5. The molecule has 1 atom stereocenters. The molecule has 0 amide bonds. The van der Waals surface area contributed by atoms with Crippen LogP contribution in [0.5, 0.6) is 0 Å². The Morgan fingerprint density at radius 3 is 2.19 bits per heavy atom. The number of aryl methyl sites for hydroxylation is 1. The lowest BCUT2D eigenvalue weighted by atomic mass is 9.92. The number of hydrogen-bond acceptors (Lipinski definition) is 3. The van der Waals surface area contributed by atoms with Crippen LogP contribution in [0.4, 0.5) is 5.69 Å². The van der Waals surface area contributed by atoms with Gasteiger partial charge in [0, 0.05) is 12.0 Å². The molecule has 0 saturated carbocycles. The van der Waals surface area contributed by atoms with Crippen LogP contribution in [0.3, 0.4) is 0 Å². The third-order valence-corrected chi connectivity index (χ3v) is 6.70. The minimum absolute atomic E-state index is 0.0465. The molecule has 1 heterocycles. The molecule has 0 radical (unpaired) electrons. The van der Waals surface area contributed by atoms with Crippen molar-refractivity contribution in [2.75, 3.05) is 4.31 Å². The highest BCUT2D eigenvalue weighted by Crippen LogP contribution is 2.42. The van der Waals surface area contributed by atoms with E-state index in [4.69, 9.17) is 0 Å². The summed E-state index contributed by atoms with van der Waals surface area (Å²) in [5.41, 5.74) is 2.67. The number of anilines is 1.